The van der Waals surface area contributed by atoms with Crippen molar-refractivity contribution in [2.24, 2.45) is 4.99 Å². The summed E-state index contributed by atoms with van der Waals surface area (Å²) in [4.78, 5) is 4.28. The van der Waals surface area contributed by atoms with Crippen LogP contribution >= 0.6 is 0 Å². The number of hydrogen-bond acceptors (Lipinski definition) is 3. The summed E-state index contributed by atoms with van der Waals surface area (Å²) in [6, 6.07) is 4.18. The molecule has 2 heterocycles. The maximum absolute atomic E-state index is 4.28. The molecule has 1 aromatic rings. The molecule has 1 aromatic carbocycles. The molecule has 70 valence electrons. The second-order valence-corrected chi connectivity index (χ2v) is 3.45. The number of rotatable bonds is 0. The Balaban J connectivity index is 2.34. The first-order chi connectivity index (χ1) is 6.95. The van der Waals surface area contributed by atoms with Gasteiger partial charge in [-0.1, -0.05) is 12.1 Å². The van der Waals surface area contributed by atoms with Gasteiger partial charge < -0.3 is 5.43 Å². The van der Waals surface area contributed by atoms with Crippen LogP contribution in [0, 0.1) is 0 Å². The average molecular weight is 185 g/mol. The minimum absolute atomic E-state index is 0.963. The van der Waals surface area contributed by atoms with Crippen LogP contribution in [0.15, 0.2) is 23.3 Å². The van der Waals surface area contributed by atoms with Crippen molar-refractivity contribution in [1.82, 2.24) is 5.43 Å². The Morgan fingerprint density at radius 2 is 2.29 bits per heavy atom. The zero-order chi connectivity index (χ0) is 9.38. The van der Waals surface area contributed by atoms with Gasteiger partial charge in [0, 0.05) is 18.3 Å². The van der Waals surface area contributed by atoms with E-state index in [-0.39, 0.29) is 0 Å². The van der Waals surface area contributed by atoms with E-state index in [0.717, 1.165) is 24.0 Å². The van der Waals surface area contributed by atoms with Crippen molar-refractivity contribution in [1.29, 1.82) is 0 Å². The molecule has 0 spiro atoms. The summed E-state index contributed by atoms with van der Waals surface area (Å²) in [5.41, 5.74) is 8.75. The van der Waals surface area contributed by atoms with Crippen molar-refractivity contribution in [2.75, 3.05) is 12.0 Å². The average Bonchev–Trinajstić information content (AvgIpc) is 2.55. The van der Waals surface area contributed by atoms with Crippen LogP contribution in [0.3, 0.4) is 0 Å². The van der Waals surface area contributed by atoms with Crippen molar-refractivity contribution in [3.05, 3.63) is 34.5 Å². The van der Waals surface area contributed by atoms with E-state index in [2.05, 4.69) is 34.1 Å². The van der Waals surface area contributed by atoms with E-state index in [1.165, 1.54) is 10.8 Å². The zero-order valence-electron chi connectivity index (χ0n) is 7.75. The van der Waals surface area contributed by atoms with Crippen LogP contribution in [0.2, 0.25) is 0 Å². The van der Waals surface area contributed by atoms with Crippen molar-refractivity contribution in [3.63, 3.8) is 0 Å². The van der Waals surface area contributed by atoms with Crippen LogP contribution in [0.1, 0.15) is 12.0 Å². The Bertz CT molecular complexity index is 514. The highest BCUT2D eigenvalue weighted by Crippen LogP contribution is 2.11. The van der Waals surface area contributed by atoms with E-state index in [4.69, 9.17) is 0 Å². The van der Waals surface area contributed by atoms with Gasteiger partial charge >= 0.3 is 0 Å². The first-order valence-corrected chi connectivity index (χ1v) is 4.81. The summed E-state index contributed by atoms with van der Waals surface area (Å²) < 4.78 is 0. The van der Waals surface area contributed by atoms with Crippen LogP contribution in [-0.2, 0) is 0 Å². The van der Waals surface area contributed by atoms with Crippen LogP contribution in [0.4, 0.5) is 5.69 Å². The van der Waals surface area contributed by atoms with Crippen LogP contribution in [-0.4, -0.2) is 6.54 Å². The lowest BCUT2D eigenvalue weighted by atomic mass is 10.1. The third-order valence-electron chi connectivity index (χ3n) is 2.56. The highest BCUT2D eigenvalue weighted by Gasteiger charge is 2.08. The topological polar surface area (TPSA) is 36.4 Å². The van der Waals surface area contributed by atoms with Gasteiger partial charge in [0.25, 0.3) is 0 Å². The second kappa shape index (κ2) is 2.96. The van der Waals surface area contributed by atoms with Crippen LogP contribution < -0.4 is 21.4 Å². The Morgan fingerprint density at radius 3 is 3.29 bits per heavy atom. The maximum atomic E-state index is 4.28. The maximum Gasteiger partial charge on any atom is 0.0724 e. The molecule has 0 aliphatic carbocycles. The Kier molecular flexibility index (Phi) is 1.64. The Morgan fingerprint density at radius 1 is 1.29 bits per heavy atom. The first kappa shape index (κ1) is 7.76. The monoisotopic (exact) mass is 185 g/mol. The van der Waals surface area contributed by atoms with E-state index >= 15 is 0 Å². The number of nitrogens with zero attached hydrogens (tertiary/aromatic N) is 1. The highest BCUT2D eigenvalue weighted by atomic mass is 15.4. The predicted molar refractivity (Wildman–Crippen MR) is 57.0 cm³/mol. The quantitative estimate of drug-likeness (QED) is 0.613. The van der Waals surface area contributed by atoms with Crippen LogP contribution in [0.5, 0.6) is 0 Å². The summed E-state index contributed by atoms with van der Waals surface area (Å²) in [6.45, 7) is 0.963. The second-order valence-electron chi connectivity index (χ2n) is 3.45. The minimum Gasteiger partial charge on any atom is -0.320 e. The lowest BCUT2D eigenvalue weighted by molar-refractivity contribution is 0.815. The third kappa shape index (κ3) is 1.06. The van der Waals surface area contributed by atoms with Crippen molar-refractivity contribution in [3.8, 4) is 0 Å². The molecule has 0 aromatic heterocycles. The smallest absolute Gasteiger partial charge is 0.0724 e. The van der Waals surface area contributed by atoms with Gasteiger partial charge in [-0.2, -0.15) is 0 Å². The van der Waals surface area contributed by atoms with E-state index in [0.29, 0.717) is 0 Å². The van der Waals surface area contributed by atoms with Gasteiger partial charge in [-0.3, -0.25) is 4.99 Å². The molecule has 0 saturated heterocycles. The molecule has 0 saturated carbocycles. The van der Waals surface area contributed by atoms with Crippen molar-refractivity contribution in [2.45, 2.75) is 6.42 Å². The molecule has 2 N–H and O–H groups in total. The molecular formula is C11H11N3. The van der Waals surface area contributed by atoms with E-state index < -0.39 is 0 Å². The number of anilines is 1. The molecule has 2 aliphatic rings. The Hall–Kier alpha value is -1.61. The predicted octanol–water partition coefficient (Wildman–Crippen LogP) is 0.391. The fourth-order valence-corrected chi connectivity index (χ4v) is 1.86. The standard InChI is InChI=1S/C11H11N3/c1-2-8-3-4-10-9(5-7-12-10)11(8)14-13-6-1/h2-5,7,13-14H,1,6H2. The summed E-state index contributed by atoms with van der Waals surface area (Å²) in [6.07, 6.45) is 7.19. The molecule has 3 heteroatoms. The summed E-state index contributed by atoms with van der Waals surface area (Å²) in [5, 5.41) is 2.31. The van der Waals surface area contributed by atoms with E-state index in [1.807, 2.05) is 12.3 Å². The van der Waals surface area contributed by atoms with Gasteiger partial charge in [0.05, 0.1) is 11.0 Å². The summed E-state index contributed by atoms with van der Waals surface area (Å²) in [5.74, 6) is 0. The number of hydrogen-bond donors (Lipinski definition) is 2. The number of benzene rings is 1. The van der Waals surface area contributed by atoms with E-state index in [9.17, 15) is 0 Å². The lowest BCUT2D eigenvalue weighted by Gasteiger charge is -2.07. The summed E-state index contributed by atoms with van der Waals surface area (Å²) in [7, 11) is 0. The lowest BCUT2D eigenvalue weighted by Crippen LogP contribution is -2.26. The first-order valence-electron chi connectivity index (χ1n) is 4.81. The SMILES string of the molecule is C1=Cc2c3c(ccc2=N1)=CCCNN3. The van der Waals surface area contributed by atoms with E-state index in [1.54, 1.807) is 0 Å². The zero-order valence-corrected chi connectivity index (χ0v) is 7.75. The molecule has 0 radical (unpaired) electrons. The molecule has 0 atom stereocenters. The van der Waals surface area contributed by atoms with Gasteiger partial charge in [0.2, 0.25) is 0 Å². The highest BCUT2D eigenvalue weighted by molar-refractivity contribution is 5.69. The largest absolute Gasteiger partial charge is 0.320 e. The number of nitrogens with one attached hydrogen (secondary N) is 2. The third-order valence-corrected chi connectivity index (χ3v) is 2.56. The molecule has 3 rings (SSSR count). The number of hydrazine groups is 1. The molecule has 14 heavy (non-hydrogen) atoms. The molecule has 2 aliphatic heterocycles. The Labute approximate surface area is 81.8 Å². The molecule has 0 fully saturated rings. The molecule has 3 nitrogen and oxygen atoms in total. The van der Waals surface area contributed by atoms with Gasteiger partial charge in [-0.05, 0) is 23.8 Å². The van der Waals surface area contributed by atoms with Crippen LogP contribution in [0.25, 0.3) is 12.2 Å². The fourth-order valence-electron chi connectivity index (χ4n) is 1.86. The van der Waals surface area contributed by atoms with Gasteiger partial charge in [-0.25, -0.2) is 5.43 Å². The normalized spacial score (nSPS) is 17.1. The van der Waals surface area contributed by atoms with Crippen molar-refractivity contribution < 1.29 is 0 Å². The van der Waals surface area contributed by atoms with Gasteiger partial charge in [0.1, 0.15) is 0 Å². The summed E-state index contributed by atoms with van der Waals surface area (Å²) >= 11 is 0. The molecular weight excluding hydrogens is 174 g/mol. The van der Waals surface area contributed by atoms with Gasteiger partial charge in [0.15, 0.2) is 0 Å². The van der Waals surface area contributed by atoms with Crippen molar-refractivity contribution >= 4 is 17.8 Å². The minimum atomic E-state index is 0.963. The molecule has 0 unspecified atom stereocenters. The molecule has 0 amide bonds. The van der Waals surface area contributed by atoms with Gasteiger partial charge in [-0.15, -0.1) is 0 Å². The fraction of sp³-hybridized carbons (Fsp3) is 0.182. The molecule has 0 bridgehead atoms. The number of fused-ring (bicyclic) bond motifs is 3.